The monoisotopic (exact) mass is 396 g/mol. The average molecular weight is 397 g/mol. The second kappa shape index (κ2) is 8.29. The van der Waals surface area contributed by atoms with Gasteiger partial charge in [-0.1, -0.05) is 11.6 Å². The number of anilines is 1. The molecule has 0 aliphatic carbocycles. The van der Waals surface area contributed by atoms with E-state index in [0.717, 1.165) is 4.90 Å². The molecule has 2 N–H and O–H groups in total. The molecule has 2 amide bonds. The molecule has 1 aromatic carbocycles. The Balaban J connectivity index is 1.82. The molecule has 0 saturated heterocycles. The Kier molecular flexibility index (Phi) is 6.59. The van der Waals surface area contributed by atoms with E-state index in [4.69, 9.17) is 11.6 Å². The van der Waals surface area contributed by atoms with Crippen LogP contribution >= 0.6 is 23.4 Å². The van der Waals surface area contributed by atoms with Gasteiger partial charge in [-0.25, -0.2) is 0 Å². The maximum absolute atomic E-state index is 12.1. The minimum Gasteiger partial charge on any atom is -0.370 e. The number of nitrogens with one attached hydrogen (secondary N) is 2. The molecule has 0 bridgehead atoms. The summed E-state index contributed by atoms with van der Waals surface area (Å²) in [5.41, 5.74) is 0.591. The summed E-state index contributed by atoms with van der Waals surface area (Å²) in [6.07, 6.45) is -4.50. The number of amides is 2. The fourth-order valence-electron chi connectivity index (χ4n) is 2.15. The highest BCUT2D eigenvalue weighted by Crippen LogP contribution is 2.38. The molecule has 1 aromatic rings. The number of carbonyl (C=O) groups excluding carboxylic acids is 2. The van der Waals surface area contributed by atoms with Crippen molar-refractivity contribution in [3.8, 4) is 0 Å². The summed E-state index contributed by atoms with van der Waals surface area (Å²) >= 11 is 7.10. The number of rotatable bonds is 6. The summed E-state index contributed by atoms with van der Waals surface area (Å²) in [6, 6.07) is 4.46. The van der Waals surface area contributed by atoms with Gasteiger partial charge in [-0.15, -0.1) is 11.8 Å². The van der Waals surface area contributed by atoms with Gasteiger partial charge in [-0.05, 0) is 25.1 Å². The van der Waals surface area contributed by atoms with Crippen molar-refractivity contribution in [2.75, 3.05) is 18.5 Å². The first-order valence-electron chi connectivity index (χ1n) is 7.35. The van der Waals surface area contributed by atoms with Crippen molar-refractivity contribution in [1.29, 1.82) is 0 Å². The highest BCUT2D eigenvalue weighted by atomic mass is 35.5. The zero-order chi connectivity index (χ0) is 18.6. The lowest BCUT2D eigenvalue weighted by Gasteiger charge is -2.24. The van der Waals surface area contributed by atoms with Gasteiger partial charge in [0.15, 0.2) is 0 Å². The molecule has 0 radical (unpaired) electrons. The van der Waals surface area contributed by atoms with E-state index in [-0.39, 0.29) is 18.9 Å². The largest absolute Gasteiger partial charge is 0.411 e. The van der Waals surface area contributed by atoms with E-state index in [2.05, 4.69) is 15.4 Å². The number of ether oxygens (including phenoxy) is 1. The Hall–Kier alpha value is -1.45. The molecule has 10 heteroatoms. The van der Waals surface area contributed by atoms with Gasteiger partial charge in [0.2, 0.25) is 11.8 Å². The molecule has 2 atom stereocenters. The van der Waals surface area contributed by atoms with E-state index in [1.54, 1.807) is 18.2 Å². The third kappa shape index (κ3) is 6.41. The van der Waals surface area contributed by atoms with Crippen molar-refractivity contribution < 1.29 is 27.5 Å². The van der Waals surface area contributed by atoms with Crippen LogP contribution in [0.5, 0.6) is 0 Å². The van der Waals surface area contributed by atoms with Gasteiger partial charge in [0, 0.05) is 22.4 Å². The van der Waals surface area contributed by atoms with Crippen LogP contribution in [-0.2, 0) is 14.3 Å². The second-order valence-corrected chi connectivity index (χ2v) is 7.22. The first-order valence-corrected chi connectivity index (χ1v) is 8.61. The Morgan fingerprint density at radius 1 is 1.48 bits per heavy atom. The van der Waals surface area contributed by atoms with E-state index in [1.807, 2.05) is 0 Å². The molecule has 5 nitrogen and oxygen atoms in total. The Morgan fingerprint density at radius 3 is 2.88 bits per heavy atom. The third-order valence-corrected chi connectivity index (χ3v) is 4.68. The van der Waals surface area contributed by atoms with Crippen molar-refractivity contribution in [2.45, 2.75) is 35.7 Å². The standard InChI is InChI=1S/C15H16ClF3N2O3S/c1-8(6-24-7-15(17,18)19)20-13(22)5-12-14(23)21-10-4-9(16)2-3-11(10)25-12/h2-4,8,12H,5-7H2,1H3,(H,20,22)(H,21,23). The number of carbonyl (C=O) groups is 2. The lowest BCUT2D eigenvalue weighted by atomic mass is 10.2. The summed E-state index contributed by atoms with van der Waals surface area (Å²) in [5, 5.41) is 5.07. The number of halogens is 4. The van der Waals surface area contributed by atoms with Crippen LogP contribution < -0.4 is 10.6 Å². The summed E-state index contributed by atoms with van der Waals surface area (Å²) in [5.74, 6) is -0.760. The number of thioether (sulfide) groups is 1. The van der Waals surface area contributed by atoms with Crippen molar-refractivity contribution in [3.05, 3.63) is 23.2 Å². The average Bonchev–Trinajstić information content (AvgIpc) is 2.46. The lowest BCUT2D eigenvalue weighted by Crippen LogP contribution is -2.40. The first kappa shape index (κ1) is 19.9. The summed E-state index contributed by atoms with van der Waals surface area (Å²) in [4.78, 5) is 24.9. The van der Waals surface area contributed by atoms with E-state index < -0.39 is 30.0 Å². The van der Waals surface area contributed by atoms with Gasteiger partial charge in [0.1, 0.15) is 6.61 Å². The minimum absolute atomic E-state index is 0.0951. The van der Waals surface area contributed by atoms with Crippen molar-refractivity contribution >= 4 is 40.9 Å². The quantitative estimate of drug-likeness (QED) is 0.774. The third-order valence-electron chi connectivity index (χ3n) is 3.17. The number of hydrogen-bond donors (Lipinski definition) is 2. The van der Waals surface area contributed by atoms with Crippen molar-refractivity contribution in [3.63, 3.8) is 0 Å². The van der Waals surface area contributed by atoms with Crippen molar-refractivity contribution in [2.24, 2.45) is 0 Å². The first-order chi connectivity index (χ1) is 11.6. The van der Waals surface area contributed by atoms with Gasteiger partial charge in [0.25, 0.3) is 0 Å². The van der Waals surface area contributed by atoms with Gasteiger partial charge < -0.3 is 15.4 Å². The van der Waals surface area contributed by atoms with Gasteiger partial charge >= 0.3 is 6.18 Å². The molecular formula is C15H16ClF3N2O3S. The zero-order valence-electron chi connectivity index (χ0n) is 13.2. The highest BCUT2D eigenvalue weighted by molar-refractivity contribution is 8.01. The molecule has 0 spiro atoms. The SMILES string of the molecule is CC(COCC(F)(F)F)NC(=O)CC1Sc2ccc(Cl)cc2NC1=O. The van der Waals surface area contributed by atoms with Crippen LogP contribution in [0.4, 0.5) is 18.9 Å². The van der Waals surface area contributed by atoms with Crippen LogP contribution in [0.25, 0.3) is 0 Å². The number of benzene rings is 1. The molecule has 1 heterocycles. The summed E-state index contributed by atoms with van der Waals surface area (Å²) in [7, 11) is 0. The Labute approximate surface area is 151 Å². The smallest absolute Gasteiger partial charge is 0.370 e. The molecule has 1 aliphatic rings. The van der Waals surface area contributed by atoms with Gasteiger partial charge in [-0.2, -0.15) is 13.2 Å². The maximum Gasteiger partial charge on any atom is 0.411 e. The van der Waals surface area contributed by atoms with E-state index in [1.165, 1.54) is 18.7 Å². The van der Waals surface area contributed by atoms with Crippen LogP contribution in [0.3, 0.4) is 0 Å². The molecule has 1 aliphatic heterocycles. The predicted molar refractivity (Wildman–Crippen MR) is 88.8 cm³/mol. The molecular weight excluding hydrogens is 381 g/mol. The Bertz CT molecular complexity index is 657. The molecule has 2 rings (SSSR count). The summed E-state index contributed by atoms with van der Waals surface area (Å²) in [6.45, 7) is -0.107. The van der Waals surface area contributed by atoms with Crippen LogP contribution in [0.2, 0.25) is 5.02 Å². The van der Waals surface area contributed by atoms with Gasteiger partial charge in [0.05, 0.1) is 17.5 Å². The fourth-order valence-corrected chi connectivity index (χ4v) is 3.42. The van der Waals surface area contributed by atoms with E-state index in [0.29, 0.717) is 10.7 Å². The van der Waals surface area contributed by atoms with Crippen LogP contribution in [0.15, 0.2) is 23.1 Å². The van der Waals surface area contributed by atoms with E-state index in [9.17, 15) is 22.8 Å². The van der Waals surface area contributed by atoms with E-state index >= 15 is 0 Å². The van der Waals surface area contributed by atoms with Crippen LogP contribution in [0.1, 0.15) is 13.3 Å². The molecule has 2 unspecified atom stereocenters. The van der Waals surface area contributed by atoms with Crippen LogP contribution in [0, 0.1) is 0 Å². The molecule has 0 aromatic heterocycles. The topological polar surface area (TPSA) is 67.4 Å². The summed E-state index contributed by atoms with van der Waals surface area (Å²) < 4.78 is 40.5. The maximum atomic E-state index is 12.1. The molecule has 0 saturated carbocycles. The molecule has 138 valence electrons. The number of hydrogen-bond acceptors (Lipinski definition) is 4. The fraction of sp³-hybridized carbons (Fsp3) is 0.467. The Morgan fingerprint density at radius 2 is 2.20 bits per heavy atom. The number of alkyl halides is 3. The molecule has 25 heavy (non-hydrogen) atoms. The minimum atomic E-state index is -4.41. The lowest BCUT2D eigenvalue weighted by molar-refractivity contribution is -0.175. The molecule has 0 fully saturated rings. The van der Waals surface area contributed by atoms with Gasteiger partial charge in [-0.3, -0.25) is 9.59 Å². The number of fused-ring (bicyclic) bond motifs is 1. The normalized spacial score (nSPS) is 18.3. The highest BCUT2D eigenvalue weighted by Gasteiger charge is 2.30. The second-order valence-electron chi connectivity index (χ2n) is 5.54. The zero-order valence-corrected chi connectivity index (χ0v) is 14.7. The van der Waals surface area contributed by atoms with Crippen LogP contribution in [-0.4, -0.2) is 42.5 Å². The predicted octanol–water partition coefficient (Wildman–Crippen LogP) is 3.23. The van der Waals surface area contributed by atoms with Crippen molar-refractivity contribution in [1.82, 2.24) is 5.32 Å².